The van der Waals surface area contributed by atoms with E-state index in [1.54, 1.807) is 0 Å². The highest BCUT2D eigenvalue weighted by molar-refractivity contribution is 5.87. The van der Waals surface area contributed by atoms with Crippen molar-refractivity contribution in [3.8, 4) is 0 Å². The summed E-state index contributed by atoms with van der Waals surface area (Å²) in [6.45, 7) is 4.53. The van der Waals surface area contributed by atoms with Gasteiger partial charge in [-0.3, -0.25) is 9.59 Å². The number of amides is 2. The van der Waals surface area contributed by atoms with Crippen LogP contribution in [0.4, 0.5) is 0 Å². The average molecular weight is 358 g/mol. The maximum absolute atomic E-state index is 13.1. The Morgan fingerprint density at radius 3 is 2.38 bits per heavy atom. The quantitative estimate of drug-likeness (QED) is 0.869. The van der Waals surface area contributed by atoms with Gasteiger partial charge in [0.2, 0.25) is 11.8 Å². The number of rotatable bonds is 4. The number of carbonyl (C=O) groups excluding carboxylic acids is 2. The topological polar surface area (TPSA) is 69.6 Å². The molecule has 1 aromatic rings. The van der Waals surface area contributed by atoms with Crippen LogP contribution >= 0.6 is 0 Å². The second-order valence-corrected chi connectivity index (χ2v) is 7.89. The molecule has 3 rings (SSSR count). The summed E-state index contributed by atoms with van der Waals surface area (Å²) in [6.07, 6.45) is 5.31. The Morgan fingerprint density at radius 1 is 1.19 bits per heavy atom. The highest BCUT2D eigenvalue weighted by atomic mass is 16.3. The van der Waals surface area contributed by atoms with Gasteiger partial charge in [0.15, 0.2) is 0 Å². The van der Waals surface area contributed by atoms with Gasteiger partial charge in [-0.05, 0) is 49.7 Å². The number of aryl methyl sites for hydroxylation is 1. The predicted molar refractivity (Wildman–Crippen MR) is 100 cm³/mol. The zero-order valence-electron chi connectivity index (χ0n) is 15.8. The van der Waals surface area contributed by atoms with Gasteiger partial charge in [0.25, 0.3) is 0 Å². The lowest BCUT2D eigenvalue weighted by Gasteiger charge is -2.41. The molecule has 1 saturated carbocycles. The number of hydrogen-bond donors (Lipinski definition) is 2. The zero-order valence-corrected chi connectivity index (χ0v) is 15.8. The van der Waals surface area contributed by atoms with Gasteiger partial charge in [-0.1, -0.05) is 37.1 Å². The van der Waals surface area contributed by atoms with Crippen LogP contribution in [-0.2, 0) is 15.2 Å². The van der Waals surface area contributed by atoms with E-state index in [0.29, 0.717) is 25.9 Å². The molecular formula is C21H30N2O3. The molecule has 5 nitrogen and oxygen atoms in total. The first kappa shape index (κ1) is 18.9. The summed E-state index contributed by atoms with van der Waals surface area (Å²) >= 11 is 0. The third-order valence-corrected chi connectivity index (χ3v) is 6.04. The molecular weight excluding hydrogens is 328 g/mol. The SMILES string of the molecule is CC(=O)NC(C(=O)N1CCC(O)(c2ccccc2C)CC1)C1CCCC1. The highest BCUT2D eigenvalue weighted by Crippen LogP contribution is 2.35. The van der Waals surface area contributed by atoms with Crippen LogP contribution in [0, 0.1) is 12.8 Å². The number of nitrogens with one attached hydrogen (secondary N) is 1. The molecule has 142 valence electrons. The van der Waals surface area contributed by atoms with Gasteiger partial charge >= 0.3 is 0 Å². The van der Waals surface area contributed by atoms with Crippen molar-refractivity contribution in [1.29, 1.82) is 0 Å². The maximum Gasteiger partial charge on any atom is 0.245 e. The molecule has 1 saturated heterocycles. The third kappa shape index (κ3) is 3.93. The lowest BCUT2D eigenvalue weighted by molar-refractivity contribution is -0.141. The molecule has 1 heterocycles. The number of carbonyl (C=O) groups is 2. The first-order valence-corrected chi connectivity index (χ1v) is 9.75. The fourth-order valence-corrected chi connectivity index (χ4v) is 4.55. The molecule has 2 N–H and O–H groups in total. The molecule has 2 aliphatic rings. The van der Waals surface area contributed by atoms with Crippen LogP contribution in [0.25, 0.3) is 0 Å². The fraction of sp³-hybridized carbons (Fsp3) is 0.619. The van der Waals surface area contributed by atoms with Crippen molar-refractivity contribution < 1.29 is 14.7 Å². The van der Waals surface area contributed by atoms with Gasteiger partial charge in [-0.25, -0.2) is 0 Å². The van der Waals surface area contributed by atoms with Crippen LogP contribution in [0.1, 0.15) is 56.6 Å². The van der Waals surface area contributed by atoms with Crippen molar-refractivity contribution in [2.75, 3.05) is 13.1 Å². The summed E-state index contributed by atoms with van der Waals surface area (Å²) in [5.74, 6) is 0.103. The number of aliphatic hydroxyl groups is 1. The van der Waals surface area contributed by atoms with Crippen molar-refractivity contribution in [3.05, 3.63) is 35.4 Å². The van der Waals surface area contributed by atoms with E-state index < -0.39 is 11.6 Å². The summed E-state index contributed by atoms with van der Waals surface area (Å²) in [6, 6.07) is 7.49. The molecule has 26 heavy (non-hydrogen) atoms. The number of benzene rings is 1. The van der Waals surface area contributed by atoms with Crippen LogP contribution < -0.4 is 5.32 Å². The molecule has 1 unspecified atom stereocenters. The summed E-state index contributed by atoms with van der Waals surface area (Å²) < 4.78 is 0. The first-order valence-electron chi connectivity index (χ1n) is 9.75. The van der Waals surface area contributed by atoms with Crippen molar-refractivity contribution in [3.63, 3.8) is 0 Å². The lowest BCUT2D eigenvalue weighted by atomic mass is 9.82. The van der Waals surface area contributed by atoms with E-state index in [2.05, 4.69) is 5.32 Å². The average Bonchev–Trinajstić information content (AvgIpc) is 3.14. The van der Waals surface area contributed by atoms with Gasteiger partial charge in [-0.2, -0.15) is 0 Å². The molecule has 1 aliphatic carbocycles. The van der Waals surface area contributed by atoms with Crippen molar-refractivity contribution in [1.82, 2.24) is 10.2 Å². The number of piperidine rings is 1. The van der Waals surface area contributed by atoms with Crippen LogP contribution in [0.5, 0.6) is 0 Å². The first-order chi connectivity index (χ1) is 12.4. The van der Waals surface area contributed by atoms with Gasteiger partial charge in [-0.15, -0.1) is 0 Å². The van der Waals surface area contributed by atoms with Gasteiger partial charge in [0.1, 0.15) is 6.04 Å². The Bertz CT molecular complexity index is 659. The molecule has 1 aliphatic heterocycles. The molecule has 5 heteroatoms. The van der Waals surface area contributed by atoms with E-state index in [9.17, 15) is 14.7 Å². The molecule has 0 aromatic heterocycles. The summed E-state index contributed by atoms with van der Waals surface area (Å²) in [4.78, 5) is 26.5. The predicted octanol–water partition coefficient (Wildman–Crippen LogP) is 2.50. The van der Waals surface area contributed by atoms with Crippen LogP contribution in [0.15, 0.2) is 24.3 Å². The van der Waals surface area contributed by atoms with E-state index in [0.717, 1.165) is 36.8 Å². The number of hydrogen-bond acceptors (Lipinski definition) is 3. The minimum Gasteiger partial charge on any atom is -0.385 e. The Labute approximate surface area is 155 Å². The van der Waals surface area contributed by atoms with Crippen molar-refractivity contribution in [2.45, 2.75) is 64.0 Å². The monoisotopic (exact) mass is 358 g/mol. The second kappa shape index (κ2) is 7.78. The molecule has 2 fully saturated rings. The largest absolute Gasteiger partial charge is 0.385 e. The van der Waals surface area contributed by atoms with E-state index in [1.165, 1.54) is 6.92 Å². The zero-order chi connectivity index (χ0) is 18.7. The van der Waals surface area contributed by atoms with Crippen molar-refractivity contribution in [2.24, 2.45) is 5.92 Å². The van der Waals surface area contributed by atoms with Crippen LogP contribution in [0.2, 0.25) is 0 Å². The summed E-state index contributed by atoms with van der Waals surface area (Å²) in [5, 5.41) is 14.0. The van der Waals surface area contributed by atoms with E-state index in [1.807, 2.05) is 36.1 Å². The normalized spacial score (nSPS) is 21.4. The van der Waals surface area contributed by atoms with E-state index in [-0.39, 0.29) is 17.7 Å². The van der Waals surface area contributed by atoms with Gasteiger partial charge in [0.05, 0.1) is 5.60 Å². The standard InChI is InChI=1S/C21H30N2O3/c1-15-7-3-6-10-18(15)21(26)11-13-23(14-12-21)20(25)19(22-16(2)24)17-8-4-5-9-17/h3,6-7,10,17,19,26H,4-5,8-9,11-14H2,1-2H3,(H,22,24). The fourth-order valence-electron chi connectivity index (χ4n) is 4.55. The molecule has 1 atom stereocenters. The minimum absolute atomic E-state index is 0.0129. The van der Waals surface area contributed by atoms with Crippen LogP contribution in [0.3, 0.4) is 0 Å². The Kier molecular flexibility index (Phi) is 5.66. The second-order valence-electron chi connectivity index (χ2n) is 7.89. The van der Waals surface area contributed by atoms with Crippen molar-refractivity contribution >= 4 is 11.8 Å². The molecule has 2 amide bonds. The minimum atomic E-state index is -0.876. The smallest absolute Gasteiger partial charge is 0.245 e. The Balaban J connectivity index is 1.68. The highest BCUT2D eigenvalue weighted by Gasteiger charge is 2.40. The molecule has 0 spiro atoms. The van der Waals surface area contributed by atoms with Gasteiger partial charge < -0.3 is 15.3 Å². The van der Waals surface area contributed by atoms with E-state index >= 15 is 0 Å². The summed E-state index contributed by atoms with van der Waals surface area (Å²) in [5.41, 5.74) is 1.16. The number of nitrogens with zero attached hydrogens (tertiary/aromatic N) is 1. The lowest BCUT2D eigenvalue weighted by Crippen LogP contribution is -2.54. The van der Waals surface area contributed by atoms with E-state index in [4.69, 9.17) is 0 Å². The number of likely N-dealkylation sites (tertiary alicyclic amines) is 1. The third-order valence-electron chi connectivity index (χ3n) is 6.04. The molecule has 0 bridgehead atoms. The van der Waals surface area contributed by atoms with Crippen LogP contribution in [-0.4, -0.2) is 41.0 Å². The summed E-state index contributed by atoms with van der Waals surface area (Å²) in [7, 11) is 0. The Hall–Kier alpha value is -1.88. The Morgan fingerprint density at radius 2 is 1.81 bits per heavy atom. The molecule has 1 aromatic carbocycles. The molecule has 0 radical (unpaired) electrons. The van der Waals surface area contributed by atoms with Gasteiger partial charge in [0, 0.05) is 20.0 Å². The maximum atomic E-state index is 13.1.